The number of rotatable bonds is 4. The minimum atomic E-state index is -9.54. The van der Waals surface area contributed by atoms with E-state index in [-0.39, 0.29) is 12.5 Å². The van der Waals surface area contributed by atoms with E-state index in [2.05, 4.69) is 0 Å². The number of ketones is 1. The molecule has 0 N–H and O–H groups in total. The SMILES string of the molecule is CCCC(=O)C=CS(F)(F)(F)(F)F. The molecule has 0 bridgehead atoms. The molecule has 0 fully saturated rings. The van der Waals surface area contributed by atoms with Gasteiger partial charge < -0.3 is 0 Å². The molecule has 0 unspecified atom stereocenters. The minimum absolute atomic E-state index is 0.106. The molecule has 13 heavy (non-hydrogen) atoms. The van der Waals surface area contributed by atoms with Gasteiger partial charge in [0.25, 0.3) is 0 Å². The highest BCUT2D eigenvalue weighted by Gasteiger charge is 2.60. The largest absolute Gasteiger partial charge is 0.304 e. The van der Waals surface area contributed by atoms with Gasteiger partial charge in [0.05, 0.1) is 5.41 Å². The molecule has 0 saturated carbocycles. The molecule has 0 spiro atoms. The predicted molar refractivity (Wildman–Crippen MR) is 42.2 cm³/mol. The van der Waals surface area contributed by atoms with E-state index in [4.69, 9.17) is 0 Å². The Morgan fingerprint density at radius 3 is 2.00 bits per heavy atom. The van der Waals surface area contributed by atoms with Crippen LogP contribution in [0.2, 0.25) is 0 Å². The molecule has 0 radical (unpaired) electrons. The zero-order chi connectivity index (χ0) is 10.8. The minimum Gasteiger partial charge on any atom is -0.295 e. The Bertz CT molecular complexity index is 237. The zero-order valence-corrected chi connectivity index (χ0v) is 7.59. The Balaban J connectivity index is 4.56. The van der Waals surface area contributed by atoms with Crippen LogP contribution < -0.4 is 0 Å². The fraction of sp³-hybridized carbons (Fsp3) is 0.500. The summed E-state index contributed by atoms with van der Waals surface area (Å²) in [5.41, 5.74) is 0. The molecule has 0 saturated heterocycles. The molecule has 0 amide bonds. The molecular formula is C6H9F5OS. The van der Waals surface area contributed by atoms with Crippen LogP contribution in [0.1, 0.15) is 19.8 Å². The van der Waals surface area contributed by atoms with E-state index in [0.717, 1.165) is 0 Å². The van der Waals surface area contributed by atoms with E-state index in [0.29, 0.717) is 6.42 Å². The fourth-order valence-electron chi connectivity index (χ4n) is 0.534. The van der Waals surface area contributed by atoms with Gasteiger partial charge >= 0.3 is 10.2 Å². The summed E-state index contributed by atoms with van der Waals surface area (Å²) in [6.07, 6.45) is 0.0545. The van der Waals surface area contributed by atoms with Crippen molar-refractivity contribution in [3.8, 4) is 0 Å². The standard InChI is InChI=1S/C6H9F5OS/c1-2-3-6(12)4-5-13(7,8,9,10)11/h4-5H,2-3H2,1H3. The van der Waals surface area contributed by atoms with E-state index in [1.807, 2.05) is 0 Å². The van der Waals surface area contributed by atoms with E-state index < -0.39 is 21.4 Å². The molecule has 0 heterocycles. The Hall–Kier alpha value is -0.590. The third kappa shape index (κ3) is 9.32. The second-order valence-electron chi connectivity index (χ2n) is 2.55. The molecule has 0 aliphatic heterocycles. The topological polar surface area (TPSA) is 17.1 Å². The third-order valence-electron chi connectivity index (χ3n) is 1.01. The van der Waals surface area contributed by atoms with Gasteiger partial charge in [0, 0.05) is 6.42 Å². The smallest absolute Gasteiger partial charge is 0.295 e. The van der Waals surface area contributed by atoms with Crippen LogP contribution in [0.15, 0.2) is 11.5 Å². The van der Waals surface area contributed by atoms with Crippen LogP contribution in [0, 0.1) is 0 Å². The van der Waals surface area contributed by atoms with Gasteiger partial charge in [0.15, 0.2) is 5.78 Å². The average molecular weight is 224 g/mol. The fourth-order valence-corrected chi connectivity index (χ4v) is 0.943. The Morgan fingerprint density at radius 1 is 1.23 bits per heavy atom. The Morgan fingerprint density at radius 2 is 1.69 bits per heavy atom. The van der Waals surface area contributed by atoms with Crippen molar-refractivity contribution in [3.63, 3.8) is 0 Å². The highest BCUT2D eigenvalue weighted by Crippen LogP contribution is 2.98. The van der Waals surface area contributed by atoms with Gasteiger partial charge in [-0.05, 0) is 12.5 Å². The van der Waals surface area contributed by atoms with Crippen molar-refractivity contribution in [3.05, 3.63) is 11.5 Å². The van der Waals surface area contributed by atoms with Crippen LogP contribution >= 0.6 is 10.2 Å². The molecule has 0 aromatic heterocycles. The van der Waals surface area contributed by atoms with Gasteiger partial charge in [-0.2, -0.15) is 0 Å². The van der Waals surface area contributed by atoms with Crippen molar-refractivity contribution in [2.24, 2.45) is 0 Å². The highest BCUT2D eigenvalue weighted by molar-refractivity contribution is 8.48. The summed E-state index contributed by atoms with van der Waals surface area (Å²) in [5, 5.41) is -1.21. The summed E-state index contributed by atoms with van der Waals surface area (Å²) in [4.78, 5) is 10.5. The number of halogens is 5. The molecule has 0 aliphatic rings. The van der Waals surface area contributed by atoms with Crippen molar-refractivity contribution in [1.82, 2.24) is 0 Å². The quantitative estimate of drug-likeness (QED) is 0.517. The van der Waals surface area contributed by atoms with Crippen molar-refractivity contribution in [2.45, 2.75) is 19.8 Å². The number of carbonyl (C=O) groups excluding carboxylic acids is 1. The maximum Gasteiger partial charge on any atom is 0.304 e. The van der Waals surface area contributed by atoms with Crippen molar-refractivity contribution >= 4 is 16.0 Å². The molecule has 0 aromatic carbocycles. The first kappa shape index (κ1) is 12.4. The lowest BCUT2D eigenvalue weighted by molar-refractivity contribution is -0.114. The zero-order valence-electron chi connectivity index (χ0n) is 6.78. The van der Waals surface area contributed by atoms with Gasteiger partial charge in [-0.15, -0.1) is 0 Å². The first-order valence-electron chi connectivity index (χ1n) is 3.39. The first-order chi connectivity index (χ1) is 5.43. The lowest BCUT2D eigenvalue weighted by Crippen LogP contribution is -2.01. The Kier molecular flexibility index (Phi) is 2.58. The van der Waals surface area contributed by atoms with E-state index in [9.17, 15) is 24.2 Å². The second-order valence-corrected chi connectivity index (χ2v) is 4.88. The first-order valence-corrected chi connectivity index (χ1v) is 5.41. The van der Waals surface area contributed by atoms with Crippen LogP contribution in [-0.4, -0.2) is 5.78 Å². The van der Waals surface area contributed by atoms with Crippen LogP contribution in [0.4, 0.5) is 19.4 Å². The predicted octanol–water partition coefficient (Wildman–Crippen LogP) is 4.17. The summed E-state index contributed by atoms with van der Waals surface area (Å²) in [7, 11) is -9.54. The molecule has 0 rings (SSSR count). The third-order valence-corrected chi connectivity index (χ3v) is 1.66. The molecule has 0 aromatic rings. The van der Waals surface area contributed by atoms with E-state index in [1.165, 1.54) is 0 Å². The van der Waals surface area contributed by atoms with Crippen LogP contribution in [0.3, 0.4) is 0 Å². The monoisotopic (exact) mass is 224 g/mol. The van der Waals surface area contributed by atoms with E-state index >= 15 is 0 Å². The van der Waals surface area contributed by atoms with Gasteiger partial charge in [-0.1, -0.05) is 26.4 Å². The van der Waals surface area contributed by atoms with Crippen LogP contribution in [0.5, 0.6) is 0 Å². The van der Waals surface area contributed by atoms with Crippen molar-refractivity contribution in [1.29, 1.82) is 0 Å². The molecule has 7 heteroatoms. The number of allylic oxidation sites excluding steroid dienone is 1. The van der Waals surface area contributed by atoms with Crippen molar-refractivity contribution < 1.29 is 24.2 Å². The summed E-state index contributed by atoms with van der Waals surface area (Å²) < 4.78 is 57.9. The number of hydrogen-bond donors (Lipinski definition) is 0. The summed E-state index contributed by atoms with van der Waals surface area (Å²) in [6.45, 7) is 1.56. The average Bonchev–Trinajstić information content (AvgIpc) is 1.80. The normalized spacial score (nSPS) is 18.3. The van der Waals surface area contributed by atoms with Crippen molar-refractivity contribution in [2.75, 3.05) is 0 Å². The van der Waals surface area contributed by atoms with Gasteiger partial charge in [-0.3, -0.25) is 4.79 Å². The summed E-state index contributed by atoms with van der Waals surface area (Å²) in [6, 6.07) is 0. The van der Waals surface area contributed by atoms with E-state index in [1.54, 1.807) is 6.92 Å². The molecule has 0 atom stereocenters. The molecular weight excluding hydrogens is 215 g/mol. The lowest BCUT2D eigenvalue weighted by Gasteiger charge is -2.36. The van der Waals surface area contributed by atoms with Crippen LogP contribution in [-0.2, 0) is 4.79 Å². The molecule has 0 aliphatic carbocycles. The summed E-state index contributed by atoms with van der Waals surface area (Å²) in [5.74, 6) is -0.948. The lowest BCUT2D eigenvalue weighted by atomic mass is 10.2. The van der Waals surface area contributed by atoms with Gasteiger partial charge in [0.2, 0.25) is 0 Å². The van der Waals surface area contributed by atoms with Gasteiger partial charge in [0.1, 0.15) is 0 Å². The summed E-state index contributed by atoms with van der Waals surface area (Å²) >= 11 is 0. The number of hydrogen-bond acceptors (Lipinski definition) is 1. The maximum atomic E-state index is 11.6. The Labute approximate surface area is 72.3 Å². The van der Waals surface area contributed by atoms with Crippen LogP contribution in [0.25, 0.3) is 0 Å². The molecule has 1 nitrogen and oxygen atoms in total. The second kappa shape index (κ2) is 2.70. The van der Waals surface area contributed by atoms with Gasteiger partial charge in [-0.25, -0.2) is 0 Å². The highest BCUT2D eigenvalue weighted by atomic mass is 32.5. The maximum absolute atomic E-state index is 11.6. The molecule has 80 valence electrons. The number of carbonyl (C=O) groups is 1.